The Kier molecular flexibility index (Phi) is 9.80. The van der Waals surface area contributed by atoms with Crippen molar-refractivity contribution < 1.29 is 18.7 Å². The number of carbonyl (C=O) groups is 1. The van der Waals surface area contributed by atoms with Crippen LogP contribution in [0.5, 0.6) is 5.75 Å². The third-order valence-corrected chi connectivity index (χ3v) is 7.35. The second-order valence-electron chi connectivity index (χ2n) is 11.6. The van der Waals surface area contributed by atoms with E-state index in [9.17, 15) is 9.18 Å². The highest BCUT2D eigenvalue weighted by Gasteiger charge is 2.33. The lowest BCUT2D eigenvalue weighted by Gasteiger charge is -2.36. The number of aryl methyl sites for hydroxylation is 1. The summed E-state index contributed by atoms with van der Waals surface area (Å²) in [7, 11) is 0. The molecular formula is C35H42FNO3. The Bertz CT molecular complexity index is 1330. The van der Waals surface area contributed by atoms with Crippen LogP contribution in [0, 0.1) is 13.8 Å². The van der Waals surface area contributed by atoms with Gasteiger partial charge in [-0.1, -0.05) is 73.2 Å². The van der Waals surface area contributed by atoms with E-state index in [1.54, 1.807) is 0 Å². The predicted octanol–water partition coefficient (Wildman–Crippen LogP) is 8.19. The van der Waals surface area contributed by atoms with Gasteiger partial charge in [0.05, 0.1) is 0 Å². The zero-order chi connectivity index (χ0) is 28.7. The van der Waals surface area contributed by atoms with Crippen LogP contribution < -0.4 is 4.74 Å². The van der Waals surface area contributed by atoms with Crippen LogP contribution in [0.4, 0.5) is 4.39 Å². The van der Waals surface area contributed by atoms with Crippen molar-refractivity contribution in [1.82, 2.24) is 4.90 Å². The maximum Gasteiger partial charge on any atom is 0.323 e. The number of likely N-dealkylation sites (tertiary alicyclic amines) is 1. The van der Waals surface area contributed by atoms with Gasteiger partial charge in [0.1, 0.15) is 30.7 Å². The average molecular weight is 544 g/mol. The molecule has 0 spiro atoms. The summed E-state index contributed by atoms with van der Waals surface area (Å²) in [6.45, 7) is 10.7. The molecule has 0 unspecified atom stereocenters. The molecule has 1 aliphatic heterocycles. The molecule has 4 nitrogen and oxygen atoms in total. The number of alkyl halides is 1. The molecule has 0 aliphatic carbocycles. The minimum atomic E-state index is -0.561. The van der Waals surface area contributed by atoms with Crippen LogP contribution in [-0.2, 0) is 16.1 Å². The third kappa shape index (κ3) is 7.60. The Morgan fingerprint density at radius 1 is 1.00 bits per heavy atom. The predicted molar refractivity (Wildman–Crippen MR) is 162 cm³/mol. The number of piperidine rings is 1. The highest BCUT2D eigenvalue weighted by molar-refractivity contribution is 5.78. The van der Waals surface area contributed by atoms with Crippen molar-refractivity contribution in [3.8, 4) is 16.9 Å². The number of carbonyl (C=O) groups excluding carboxylic acids is 1. The molecule has 1 saturated heterocycles. The van der Waals surface area contributed by atoms with Crippen molar-refractivity contribution in [2.45, 2.75) is 72.1 Å². The minimum absolute atomic E-state index is 0.00701. The van der Waals surface area contributed by atoms with Crippen LogP contribution in [0.2, 0.25) is 0 Å². The SMILES string of the molecule is Cc1cc(CN2CCCC[C@H]2C(=O)OC(C)(C)C)c(OCCF)cc1/C=C/c1cccc(-c2ccccc2)c1C. The summed E-state index contributed by atoms with van der Waals surface area (Å²) < 4.78 is 24.8. The minimum Gasteiger partial charge on any atom is -0.491 e. The fourth-order valence-electron chi connectivity index (χ4n) is 5.33. The van der Waals surface area contributed by atoms with E-state index in [0.29, 0.717) is 12.3 Å². The number of esters is 1. The highest BCUT2D eigenvalue weighted by atomic mass is 19.1. The van der Waals surface area contributed by atoms with Gasteiger partial charge >= 0.3 is 5.97 Å². The first kappa shape index (κ1) is 29.5. The quantitative estimate of drug-likeness (QED) is 0.201. The second-order valence-corrected chi connectivity index (χ2v) is 11.6. The topological polar surface area (TPSA) is 38.8 Å². The van der Waals surface area contributed by atoms with Crippen LogP contribution >= 0.6 is 0 Å². The molecule has 1 aliphatic rings. The number of rotatable bonds is 9. The molecule has 1 fully saturated rings. The Balaban J connectivity index is 1.60. The summed E-state index contributed by atoms with van der Waals surface area (Å²) >= 11 is 0. The van der Waals surface area contributed by atoms with E-state index >= 15 is 0 Å². The smallest absolute Gasteiger partial charge is 0.323 e. The van der Waals surface area contributed by atoms with Crippen LogP contribution in [0.25, 0.3) is 23.3 Å². The maximum absolute atomic E-state index is 13.2. The molecule has 0 aromatic heterocycles. The standard InChI is InChI=1S/C35H42FNO3/c1-25-22-30(24-37-20-10-9-16-32(37)34(38)40-35(3,4)5)33(39-21-19-36)23-29(25)18-17-27-14-11-15-31(26(27)2)28-12-7-6-8-13-28/h6-8,11-15,17-18,22-23,32H,9-10,16,19-21,24H2,1-5H3/b18-17+/t32-/m0/s1. The molecule has 1 heterocycles. The first-order chi connectivity index (χ1) is 19.2. The van der Waals surface area contributed by atoms with Crippen molar-refractivity contribution in [3.63, 3.8) is 0 Å². The average Bonchev–Trinajstić information content (AvgIpc) is 2.92. The van der Waals surface area contributed by atoms with E-state index in [-0.39, 0.29) is 18.6 Å². The van der Waals surface area contributed by atoms with Crippen molar-refractivity contribution in [3.05, 3.63) is 88.5 Å². The van der Waals surface area contributed by atoms with Crippen LogP contribution in [0.1, 0.15) is 67.9 Å². The van der Waals surface area contributed by atoms with E-state index in [0.717, 1.165) is 48.1 Å². The summed E-state index contributed by atoms with van der Waals surface area (Å²) in [6.07, 6.45) is 7.03. The molecule has 212 valence electrons. The molecule has 3 aromatic rings. The molecule has 5 heteroatoms. The number of halogens is 1. The molecule has 0 saturated carbocycles. The lowest BCUT2D eigenvalue weighted by Crippen LogP contribution is -2.46. The Morgan fingerprint density at radius 2 is 1.75 bits per heavy atom. The van der Waals surface area contributed by atoms with Gasteiger partial charge in [-0.25, -0.2) is 4.39 Å². The van der Waals surface area contributed by atoms with Crippen molar-refractivity contribution in [1.29, 1.82) is 0 Å². The third-order valence-electron chi connectivity index (χ3n) is 7.35. The Hall–Kier alpha value is -3.44. The van der Waals surface area contributed by atoms with Crippen molar-refractivity contribution >= 4 is 18.1 Å². The fourth-order valence-corrected chi connectivity index (χ4v) is 5.33. The molecule has 1 atom stereocenters. The van der Waals surface area contributed by atoms with E-state index in [2.05, 4.69) is 79.4 Å². The van der Waals surface area contributed by atoms with Crippen LogP contribution in [-0.4, -0.2) is 42.3 Å². The summed E-state index contributed by atoms with van der Waals surface area (Å²) in [5.41, 5.74) is 7.31. The molecule has 0 bridgehead atoms. The number of hydrogen-bond donors (Lipinski definition) is 0. The maximum atomic E-state index is 13.2. The monoisotopic (exact) mass is 543 g/mol. The zero-order valence-corrected chi connectivity index (χ0v) is 24.5. The van der Waals surface area contributed by atoms with Crippen LogP contribution in [0.3, 0.4) is 0 Å². The highest BCUT2D eigenvalue weighted by Crippen LogP contribution is 2.31. The van der Waals surface area contributed by atoms with Gasteiger partial charge in [-0.15, -0.1) is 0 Å². The van der Waals surface area contributed by atoms with Crippen molar-refractivity contribution in [2.75, 3.05) is 19.8 Å². The molecular weight excluding hydrogens is 501 g/mol. The second kappa shape index (κ2) is 13.3. The summed E-state index contributed by atoms with van der Waals surface area (Å²) in [5, 5.41) is 0. The zero-order valence-electron chi connectivity index (χ0n) is 24.5. The molecule has 3 aromatic carbocycles. The lowest BCUT2D eigenvalue weighted by atomic mass is 9.95. The molecule has 0 radical (unpaired) electrons. The van der Waals surface area contributed by atoms with E-state index < -0.39 is 12.3 Å². The molecule has 40 heavy (non-hydrogen) atoms. The molecule has 0 N–H and O–H groups in total. The fraction of sp³-hybridized carbons (Fsp3) is 0.400. The van der Waals surface area contributed by atoms with E-state index in [1.165, 1.54) is 16.7 Å². The largest absolute Gasteiger partial charge is 0.491 e. The van der Waals surface area contributed by atoms with Crippen LogP contribution in [0.15, 0.2) is 60.7 Å². The van der Waals surface area contributed by atoms with Gasteiger partial charge in [-0.05, 0) is 93.5 Å². The summed E-state index contributed by atoms with van der Waals surface area (Å²) in [5.74, 6) is 0.481. The van der Waals surface area contributed by atoms with Gasteiger partial charge in [-0.3, -0.25) is 9.69 Å². The van der Waals surface area contributed by atoms with Gasteiger partial charge in [0.2, 0.25) is 0 Å². The lowest BCUT2D eigenvalue weighted by molar-refractivity contribution is -0.163. The van der Waals surface area contributed by atoms with Gasteiger partial charge in [0.25, 0.3) is 0 Å². The first-order valence-electron chi connectivity index (χ1n) is 14.3. The Morgan fingerprint density at radius 3 is 2.48 bits per heavy atom. The first-order valence-corrected chi connectivity index (χ1v) is 14.3. The van der Waals surface area contributed by atoms with Gasteiger partial charge in [0.15, 0.2) is 0 Å². The summed E-state index contributed by atoms with van der Waals surface area (Å²) in [4.78, 5) is 15.2. The van der Waals surface area contributed by atoms with Crippen molar-refractivity contribution in [2.24, 2.45) is 0 Å². The number of nitrogens with zero attached hydrogens (tertiary/aromatic N) is 1. The number of ether oxygens (including phenoxy) is 2. The van der Waals surface area contributed by atoms with Gasteiger partial charge in [-0.2, -0.15) is 0 Å². The van der Waals surface area contributed by atoms with Gasteiger partial charge < -0.3 is 9.47 Å². The molecule has 0 amide bonds. The van der Waals surface area contributed by atoms with Gasteiger partial charge in [0, 0.05) is 12.1 Å². The normalized spacial score (nSPS) is 16.3. The molecule has 4 rings (SSSR count). The Labute approximate surface area is 238 Å². The van der Waals surface area contributed by atoms with E-state index in [4.69, 9.17) is 9.47 Å². The van der Waals surface area contributed by atoms with E-state index in [1.807, 2.05) is 32.9 Å². The number of benzene rings is 3. The summed E-state index contributed by atoms with van der Waals surface area (Å²) in [6, 6.07) is 20.6. The number of hydrogen-bond acceptors (Lipinski definition) is 4.